The van der Waals surface area contributed by atoms with E-state index >= 15 is 0 Å². The van der Waals surface area contributed by atoms with E-state index < -0.39 is 0 Å². The molecule has 0 bridgehead atoms. The van der Waals surface area contributed by atoms with Gasteiger partial charge in [-0.05, 0) is 51.1 Å². The van der Waals surface area contributed by atoms with Gasteiger partial charge in [0.15, 0.2) is 5.76 Å². The average Bonchev–Trinajstić information content (AvgIpc) is 3.61. The number of thiophene rings is 1. The summed E-state index contributed by atoms with van der Waals surface area (Å²) in [5.74, 6) is 2.16. The zero-order valence-corrected chi connectivity index (χ0v) is 21.7. The molecule has 0 radical (unpaired) electrons. The molecule has 0 saturated heterocycles. The lowest BCUT2D eigenvalue weighted by Gasteiger charge is -2.19. The molecule has 0 amide bonds. The summed E-state index contributed by atoms with van der Waals surface area (Å²) in [6.45, 7) is 4.90. The van der Waals surface area contributed by atoms with Crippen molar-refractivity contribution < 1.29 is 19.1 Å². The number of rotatable bonds is 10. The van der Waals surface area contributed by atoms with E-state index in [-0.39, 0.29) is 12.5 Å². The molecule has 2 aromatic heterocycles. The first kappa shape index (κ1) is 24.8. The fourth-order valence-electron chi connectivity index (χ4n) is 4.24. The van der Waals surface area contributed by atoms with Crippen LogP contribution in [-0.2, 0) is 19.8 Å². The summed E-state index contributed by atoms with van der Waals surface area (Å²) >= 11 is 1.59. The number of aliphatic hydroxyl groups is 1. The van der Waals surface area contributed by atoms with Gasteiger partial charge >= 0.3 is 0 Å². The number of hydrogen-bond acceptors (Lipinski definition) is 6. The van der Waals surface area contributed by atoms with Crippen LogP contribution in [0.5, 0.6) is 11.5 Å². The van der Waals surface area contributed by atoms with Crippen molar-refractivity contribution in [3.63, 3.8) is 0 Å². The zero-order valence-electron chi connectivity index (χ0n) is 20.9. The van der Waals surface area contributed by atoms with E-state index in [9.17, 15) is 5.11 Å². The van der Waals surface area contributed by atoms with Crippen LogP contribution in [0.2, 0.25) is 0 Å². The highest BCUT2D eigenvalue weighted by Crippen LogP contribution is 2.44. The van der Waals surface area contributed by atoms with Gasteiger partial charge in [-0.2, -0.15) is 11.3 Å². The molecule has 0 spiro atoms. The number of aliphatic hydroxyl groups excluding tert-OH is 1. The molecule has 0 aliphatic rings. The number of ether oxygens (including phenoxy) is 2. The molecule has 37 heavy (non-hydrogen) atoms. The largest absolute Gasteiger partial charge is 0.488 e. The Labute approximate surface area is 220 Å². The summed E-state index contributed by atoms with van der Waals surface area (Å²) in [7, 11) is 0. The molecule has 1 N–H and O–H groups in total. The Kier molecular flexibility index (Phi) is 7.68. The predicted molar refractivity (Wildman–Crippen MR) is 147 cm³/mol. The topological polar surface area (TPSA) is 64.7 Å². The standard InChI is InChI=1S/C31H29NO4S/c1-21(2)25-15-26(31-30(24-13-14-37-20-24)27(17-33)32-36-31)29(35-19-23-11-7-4-8-12-23)16-28(25)34-18-22-9-5-3-6-10-22/h3-16,20-21,33H,17-19H2,1-2H3. The van der Waals surface area contributed by atoms with E-state index in [0.717, 1.165) is 39.1 Å². The number of aromatic nitrogens is 1. The molecular weight excluding hydrogens is 482 g/mol. The van der Waals surface area contributed by atoms with Crippen LogP contribution in [0.1, 0.15) is 42.1 Å². The van der Waals surface area contributed by atoms with Gasteiger partial charge in [-0.15, -0.1) is 0 Å². The number of nitrogens with zero attached hydrogens (tertiary/aromatic N) is 1. The Hall–Kier alpha value is -3.87. The maximum absolute atomic E-state index is 9.99. The van der Waals surface area contributed by atoms with Gasteiger partial charge in [-0.25, -0.2) is 0 Å². The van der Waals surface area contributed by atoms with Crippen molar-refractivity contribution in [2.75, 3.05) is 0 Å². The van der Waals surface area contributed by atoms with E-state index in [1.165, 1.54) is 0 Å². The molecule has 0 saturated carbocycles. The van der Waals surface area contributed by atoms with Gasteiger partial charge in [0.2, 0.25) is 0 Å². The van der Waals surface area contributed by atoms with Crippen molar-refractivity contribution in [1.29, 1.82) is 0 Å². The van der Waals surface area contributed by atoms with Gasteiger partial charge < -0.3 is 19.1 Å². The summed E-state index contributed by atoms with van der Waals surface area (Å²) in [4.78, 5) is 0. The Bertz CT molecular complexity index is 1430. The fraction of sp³-hybridized carbons (Fsp3) is 0.194. The molecule has 0 fully saturated rings. The Morgan fingerprint density at radius 1 is 0.865 bits per heavy atom. The van der Waals surface area contributed by atoms with Crippen LogP contribution in [-0.4, -0.2) is 10.3 Å². The summed E-state index contributed by atoms with van der Waals surface area (Å²) in [6.07, 6.45) is 0. The minimum atomic E-state index is -0.218. The molecular formula is C31H29NO4S. The van der Waals surface area contributed by atoms with Crippen LogP contribution in [0.25, 0.3) is 22.5 Å². The summed E-state index contributed by atoms with van der Waals surface area (Å²) in [5.41, 5.74) is 6.19. The molecule has 0 aliphatic heterocycles. The van der Waals surface area contributed by atoms with E-state index in [1.54, 1.807) is 11.3 Å². The van der Waals surface area contributed by atoms with Gasteiger partial charge in [0, 0.05) is 6.07 Å². The second-order valence-electron chi connectivity index (χ2n) is 9.09. The van der Waals surface area contributed by atoms with Gasteiger partial charge in [0.25, 0.3) is 0 Å². The fourth-order valence-corrected chi connectivity index (χ4v) is 4.89. The minimum Gasteiger partial charge on any atom is -0.488 e. The average molecular weight is 512 g/mol. The first-order valence-electron chi connectivity index (χ1n) is 12.3. The number of hydrogen-bond donors (Lipinski definition) is 1. The van der Waals surface area contributed by atoms with Gasteiger partial charge in [0.05, 0.1) is 17.7 Å². The summed E-state index contributed by atoms with van der Waals surface area (Å²) in [6, 6.07) is 26.2. The second-order valence-corrected chi connectivity index (χ2v) is 9.87. The molecule has 5 aromatic rings. The third-order valence-electron chi connectivity index (χ3n) is 6.18. The Morgan fingerprint density at radius 2 is 1.51 bits per heavy atom. The van der Waals surface area contributed by atoms with E-state index in [2.05, 4.69) is 25.1 Å². The monoisotopic (exact) mass is 511 g/mol. The van der Waals surface area contributed by atoms with Crippen molar-refractivity contribution in [3.8, 4) is 33.9 Å². The maximum atomic E-state index is 9.99. The van der Waals surface area contributed by atoms with Gasteiger partial charge in [0.1, 0.15) is 30.4 Å². The Balaban J connectivity index is 1.60. The minimum absolute atomic E-state index is 0.192. The highest BCUT2D eigenvalue weighted by molar-refractivity contribution is 7.08. The van der Waals surface area contributed by atoms with Crippen molar-refractivity contribution >= 4 is 11.3 Å². The third-order valence-corrected chi connectivity index (χ3v) is 6.86. The predicted octanol–water partition coefficient (Wildman–Crippen LogP) is 7.84. The highest BCUT2D eigenvalue weighted by atomic mass is 32.1. The molecule has 3 aromatic carbocycles. The number of benzene rings is 3. The molecule has 5 nitrogen and oxygen atoms in total. The van der Waals surface area contributed by atoms with Crippen LogP contribution in [0.3, 0.4) is 0 Å². The van der Waals surface area contributed by atoms with Gasteiger partial charge in [-0.3, -0.25) is 0 Å². The Morgan fingerprint density at radius 3 is 2.08 bits per heavy atom. The molecule has 0 unspecified atom stereocenters. The van der Waals surface area contributed by atoms with Crippen molar-refractivity contribution in [2.45, 2.75) is 39.6 Å². The van der Waals surface area contributed by atoms with Crippen molar-refractivity contribution in [3.05, 3.63) is 112 Å². The molecule has 0 atom stereocenters. The molecule has 188 valence electrons. The van der Waals surface area contributed by atoms with Crippen molar-refractivity contribution in [1.82, 2.24) is 5.16 Å². The molecule has 5 rings (SSSR count). The van der Waals surface area contributed by atoms with Crippen LogP contribution >= 0.6 is 11.3 Å². The normalized spacial score (nSPS) is 11.1. The molecule has 0 aliphatic carbocycles. The smallest absolute Gasteiger partial charge is 0.178 e. The zero-order chi connectivity index (χ0) is 25.6. The van der Waals surface area contributed by atoms with E-state index in [4.69, 9.17) is 14.0 Å². The van der Waals surface area contributed by atoms with E-state index in [1.807, 2.05) is 83.6 Å². The third kappa shape index (κ3) is 5.61. The van der Waals surface area contributed by atoms with Crippen LogP contribution in [0, 0.1) is 0 Å². The van der Waals surface area contributed by atoms with Gasteiger partial charge in [-0.1, -0.05) is 79.7 Å². The highest BCUT2D eigenvalue weighted by Gasteiger charge is 2.25. The first-order valence-corrected chi connectivity index (χ1v) is 13.2. The van der Waals surface area contributed by atoms with Crippen molar-refractivity contribution in [2.24, 2.45) is 0 Å². The molecule has 2 heterocycles. The lowest BCUT2D eigenvalue weighted by molar-refractivity contribution is 0.267. The quantitative estimate of drug-likeness (QED) is 0.207. The first-order chi connectivity index (χ1) is 18.1. The van der Waals surface area contributed by atoms with E-state index in [0.29, 0.717) is 30.4 Å². The SMILES string of the molecule is CC(C)c1cc(-c2onc(CO)c2-c2ccsc2)c(OCc2ccccc2)cc1OCc1ccccc1. The van der Waals surface area contributed by atoms with Crippen LogP contribution < -0.4 is 9.47 Å². The lowest BCUT2D eigenvalue weighted by atomic mass is 9.95. The second kappa shape index (κ2) is 11.5. The van der Waals surface area contributed by atoms with Crippen LogP contribution in [0.4, 0.5) is 0 Å². The summed E-state index contributed by atoms with van der Waals surface area (Å²) in [5, 5.41) is 18.2. The lowest BCUT2D eigenvalue weighted by Crippen LogP contribution is -2.03. The maximum Gasteiger partial charge on any atom is 0.178 e. The van der Waals surface area contributed by atoms with Crippen LogP contribution in [0.15, 0.2) is 94.1 Å². The summed E-state index contributed by atoms with van der Waals surface area (Å²) < 4.78 is 18.6. The molecule has 6 heteroatoms.